The van der Waals surface area contributed by atoms with Crippen LogP contribution in [0.3, 0.4) is 0 Å². The number of hydrogen-bond acceptors (Lipinski definition) is 4. The topological polar surface area (TPSA) is 49.8 Å². The average Bonchev–Trinajstić information content (AvgIpc) is 3.52. The molecule has 1 N–H and O–H groups in total. The highest BCUT2D eigenvalue weighted by molar-refractivity contribution is 5.98. The average molecular weight is 398 g/mol. The predicted molar refractivity (Wildman–Crippen MR) is 109 cm³/mol. The van der Waals surface area contributed by atoms with Crippen LogP contribution in [-0.2, 0) is 9.53 Å². The van der Waals surface area contributed by atoms with Gasteiger partial charge >= 0.3 is 0 Å². The maximum atomic E-state index is 13.2. The summed E-state index contributed by atoms with van der Waals surface area (Å²) in [6, 6.07) is 0. The predicted octanol–water partition coefficient (Wildman–Crippen LogP) is 3.04. The van der Waals surface area contributed by atoms with Crippen molar-refractivity contribution in [1.29, 1.82) is 0 Å². The van der Waals surface area contributed by atoms with E-state index in [2.05, 4.69) is 25.5 Å². The molecule has 0 aromatic carbocycles. The van der Waals surface area contributed by atoms with Crippen molar-refractivity contribution in [3.05, 3.63) is 12.2 Å². The number of aliphatic hydroxyl groups is 1. The van der Waals surface area contributed by atoms with Gasteiger partial charge in [-0.15, -0.1) is 0 Å². The maximum Gasteiger partial charge on any atom is 0.162 e. The lowest BCUT2D eigenvalue weighted by molar-refractivity contribution is -0.168. The maximum absolute atomic E-state index is 13.2. The van der Waals surface area contributed by atoms with Gasteiger partial charge in [-0.05, 0) is 74.3 Å². The first-order valence-electron chi connectivity index (χ1n) is 12.2. The number of ketones is 1. The van der Waals surface area contributed by atoms with E-state index in [1.165, 1.54) is 19.3 Å². The molecule has 1 heterocycles. The van der Waals surface area contributed by atoms with Crippen molar-refractivity contribution < 1.29 is 14.6 Å². The Labute approximate surface area is 174 Å². The summed E-state index contributed by atoms with van der Waals surface area (Å²) in [5.74, 6) is 2.47. The van der Waals surface area contributed by atoms with E-state index in [0.29, 0.717) is 29.8 Å². The van der Waals surface area contributed by atoms with Crippen LogP contribution in [0, 0.1) is 46.3 Å². The Kier molecular flexibility index (Phi) is 3.21. The first-order valence-corrected chi connectivity index (χ1v) is 12.2. The highest BCUT2D eigenvalue weighted by atomic mass is 16.5. The van der Waals surface area contributed by atoms with Crippen molar-refractivity contribution in [2.24, 2.45) is 46.3 Å². The number of nitrogens with zero attached hydrogens (tertiary/aromatic N) is 1. The van der Waals surface area contributed by atoms with Crippen molar-refractivity contribution in [3.63, 3.8) is 0 Å². The Morgan fingerprint density at radius 2 is 2.03 bits per heavy atom. The molecule has 29 heavy (non-hydrogen) atoms. The van der Waals surface area contributed by atoms with Gasteiger partial charge in [0.15, 0.2) is 5.78 Å². The number of hydrogen-bond donors (Lipinski definition) is 1. The number of rotatable bonds is 0. The second-order valence-electron chi connectivity index (χ2n) is 11.7. The first-order chi connectivity index (χ1) is 13.9. The standard InChI is InChI=1S/C25H35NO3/c1-13-5-4-8-23-22-25(23,26(3)9-10-29-22)24(23)17(13)12-19(27)20-16-7-6-15(11-18(20)24)14(2)21(16)28/h13,15-20,22,27H,2,4-12H2,1,3H3. The van der Waals surface area contributed by atoms with Crippen molar-refractivity contribution >= 4 is 5.78 Å². The third kappa shape index (κ3) is 1.54. The molecule has 0 aromatic heterocycles. The summed E-state index contributed by atoms with van der Waals surface area (Å²) >= 11 is 0. The minimum Gasteiger partial charge on any atom is -0.393 e. The lowest BCUT2D eigenvalue weighted by atomic mass is 9.51. The van der Waals surface area contributed by atoms with Crippen LogP contribution in [0.5, 0.6) is 0 Å². The number of allylic oxidation sites excluding steroid dienone is 1. The fourth-order valence-electron chi connectivity index (χ4n) is 10.9. The molecule has 1 aliphatic heterocycles. The number of Topliss-reactive ketones (excluding diaryl/α,β-unsaturated/α-hetero) is 1. The van der Waals surface area contributed by atoms with Gasteiger partial charge in [-0.2, -0.15) is 0 Å². The zero-order valence-electron chi connectivity index (χ0n) is 17.9. The van der Waals surface area contributed by atoms with Crippen LogP contribution in [0.4, 0.5) is 0 Å². The molecule has 11 unspecified atom stereocenters. The lowest BCUT2D eigenvalue weighted by Crippen LogP contribution is -2.61. The summed E-state index contributed by atoms with van der Waals surface area (Å²) in [4.78, 5) is 15.9. The van der Waals surface area contributed by atoms with E-state index in [0.717, 1.165) is 44.4 Å². The molecule has 4 nitrogen and oxygen atoms in total. The molecule has 7 aliphatic carbocycles. The van der Waals surface area contributed by atoms with Crippen LogP contribution < -0.4 is 0 Å². The summed E-state index contributed by atoms with van der Waals surface area (Å²) in [6.45, 7) is 8.58. The molecule has 8 fully saturated rings. The Balaban J connectivity index is 1.43. The van der Waals surface area contributed by atoms with Gasteiger partial charge in [0.1, 0.15) is 0 Å². The summed E-state index contributed by atoms with van der Waals surface area (Å²) in [5, 5.41) is 11.5. The van der Waals surface area contributed by atoms with Crippen molar-refractivity contribution in [2.75, 3.05) is 20.2 Å². The molecule has 0 amide bonds. The molecule has 11 atom stereocenters. The molecule has 7 saturated carbocycles. The van der Waals surface area contributed by atoms with Crippen LogP contribution in [0.15, 0.2) is 12.2 Å². The summed E-state index contributed by atoms with van der Waals surface area (Å²) in [7, 11) is 2.34. The number of carbonyl (C=O) groups excluding carboxylic acids is 1. The summed E-state index contributed by atoms with van der Waals surface area (Å²) in [6.07, 6.45) is 7.97. The molecular weight excluding hydrogens is 362 g/mol. The minimum absolute atomic E-state index is 0.0110. The number of fused-ring (bicyclic) bond motifs is 2. The lowest BCUT2D eigenvalue weighted by Gasteiger charge is -2.57. The van der Waals surface area contributed by atoms with Crippen LogP contribution in [0.2, 0.25) is 0 Å². The summed E-state index contributed by atoms with van der Waals surface area (Å²) in [5.41, 5.74) is 1.61. The van der Waals surface area contributed by atoms with E-state index in [1.54, 1.807) is 0 Å². The van der Waals surface area contributed by atoms with Crippen molar-refractivity contribution in [3.8, 4) is 0 Å². The largest absolute Gasteiger partial charge is 0.393 e. The van der Waals surface area contributed by atoms with Gasteiger partial charge in [-0.25, -0.2) is 0 Å². The number of ether oxygens (including phenoxy) is 1. The molecule has 8 aliphatic rings. The molecule has 0 radical (unpaired) electrons. The number of aliphatic hydroxyl groups excluding tert-OH is 1. The van der Waals surface area contributed by atoms with Crippen LogP contribution in [0.25, 0.3) is 0 Å². The van der Waals surface area contributed by atoms with E-state index >= 15 is 0 Å². The number of carbonyl (C=O) groups is 1. The molecule has 1 saturated heterocycles. The molecule has 3 spiro atoms. The second-order valence-corrected chi connectivity index (χ2v) is 11.7. The number of likely N-dealkylation sites (N-methyl/N-ethyl adjacent to an activating group) is 1. The minimum atomic E-state index is -0.323. The van der Waals surface area contributed by atoms with Crippen molar-refractivity contribution in [1.82, 2.24) is 4.90 Å². The zero-order chi connectivity index (χ0) is 19.9. The SMILES string of the molecule is C=C1C(=O)C2CCC1CC1C2C(O)CC2C(C)CCCC34C5OCCN(C)C53C214. The van der Waals surface area contributed by atoms with Crippen LogP contribution in [-0.4, -0.2) is 53.7 Å². The van der Waals surface area contributed by atoms with Gasteiger partial charge in [0.05, 0.1) is 24.4 Å². The van der Waals surface area contributed by atoms with Crippen molar-refractivity contribution in [2.45, 2.75) is 69.6 Å². The highest BCUT2D eigenvalue weighted by Crippen LogP contribution is 3.01. The van der Waals surface area contributed by atoms with E-state index in [9.17, 15) is 9.90 Å². The Morgan fingerprint density at radius 3 is 2.86 bits per heavy atom. The smallest absolute Gasteiger partial charge is 0.162 e. The van der Waals surface area contributed by atoms with Gasteiger partial charge < -0.3 is 9.84 Å². The molecule has 158 valence electrons. The van der Waals surface area contributed by atoms with Gasteiger partial charge in [-0.1, -0.05) is 26.3 Å². The van der Waals surface area contributed by atoms with Gasteiger partial charge in [-0.3, -0.25) is 9.69 Å². The zero-order valence-corrected chi connectivity index (χ0v) is 17.9. The van der Waals surface area contributed by atoms with E-state index in [1.807, 2.05) is 0 Å². The van der Waals surface area contributed by atoms with E-state index < -0.39 is 0 Å². The van der Waals surface area contributed by atoms with E-state index in [-0.39, 0.29) is 40.1 Å². The third-order valence-corrected chi connectivity index (χ3v) is 11.5. The molecule has 0 aromatic rings. The Morgan fingerprint density at radius 1 is 1.21 bits per heavy atom. The normalized spacial score (nSPS) is 62.7. The summed E-state index contributed by atoms with van der Waals surface area (Å²) < 4.78 is 6.43. The third-order valence-electron chi connectivity index (χ3n) is 11.5. The van der Waals surface area contributed by atoms with Crippen LogP contribution in [0.1, 0.15) is 51.9 Å². The molecule has 4 heteroatoms. The second kappa shape index (κ2) is 5.19. The van der Waals surface area contributed by atoms with E-state index in [4.69, 9.17) is 4.74 Å². The highest BCUT2D eigenvalue weighted by Gasteiger charge is 3.10. The molecule has 2 bridgehead atoms. The number of morpholine rings is 1. The Bertz CT molecular complexity index is 825. The van der Waals surface area contributed by atoms with Gasteiger partial charge in [0.2, 0.25) is 0 Å². The first kappa shape index (κ1) is 17.9. The molecule has 8 rings (SSSR count). The van der Waals surface area contributed by atoms with Crippen LogP contribution >= 0.6 is 0 Å². The Hall–Kier alpha value is -0.710. The quantitative estimate of drug-likeness (QED) is 0.639. The van der Waals surface area contributed by atoms with Gasteiger partial charge in [0, 0.05) is 23.3 Å². The fourth-order valence-corrected chi connectivity index (χ4v) is 10.9. The fraction of sp³-hybridized carbons (Fsp3) is 0.880. The van der Waals surface area contributed by atoms with Gasteiger partial charge in [0.25, 0.3) is 0 Å². The molecular formula is C25H35NO3. The monoisotopic (exact) mass is 397 g/mol.